The Morgan fingerprint density at radius 3 is 1.80 bits per heavy atom. The fourth-order valence-corrected chi connectivity index (χ4v) is 5.27. The summed E-state index contributed by atoms with van der Waals surface area (Å²) in [4.78, 5) is 3.20. The lowest BCUT2D eigenvalue weighted by atomic mass is 9.93. The fraction of sp³-hybridized carbons (Fsp3) is 0.235. The molecule has 1 fully saturated rings. The lowest BCUT2D eigenvalue weighted by Crippen LogP contribution is -2.52. The number of halogens is 1. The third-order valence-corrected chi connectivity index (χ3v) is 7.30. The van der Waals surface area contributed by atoms with E-state index in [1.807, 2.05) is 103 Å². The van der Waals surface area contributed by atoms with E-state index < -0.39 is 24.4 Å². The zero-order chi connectivity index (χ0) is 27.1. The smallest absolute Gasteiger partial charge is 0.132 e. The highest BCUT2D eigenvalue weighted by atomic mass is 19.1. The summed E-state index contributed by atoms with van der Waals surface area (Å²) in [6.45, 7) is 1.44. The van der Waals surface area contributed by atoms with E-state index in [0.29, 0.717) is 36.3 Å². The lowest BCUT2D eigenvalue weighted by Gasteiger charge is -2.42. The van der Waals surface area contributed by atoms with Crippen LogP contribution in [0.5, 0.6) is 0 Å². The summed E-state index contributed by atoms with van der Waals surface area (Å²) in [6, 6.07) is 35.1. The number of hydrogen-bond acceptors (Lipinski definition) is 4. The SMILES string of the molecule is Fc1cccc2[nH]cc([C@@H]3OC[C@@H](OCc4ccccc4)[C@H](OCc4ccccc4)[C@H]3OCc3ccccc3)c12. The maximum atomic E-state index is 15.1. The second-order valence-electron chi connectivity index (χ2n) is 10.0. The number of aromatic nitrogens is 1. The average molecular weight is 538 g/mol. The van der Waals surface area contributed by atoms with Gasteiger partial charge in [0.05, 0.1) is 26.4 Å². The van der Waals surface area contributed by atoms with E-state index >= 15 is 4.39 Å². The third-order valence-electron chi connectivity index (χ3n) is 7.30. The van der Waals surface area contributed by atoms with Crippen molar-refractivity contribution in [3.8, 4) is 0 Å². The molecule has 0 spiro atoms. The van der Waals surface area contributed by atoms with Crippen LogP contribution in [0.15, 0.2) is 115 Å². The highest BCUT2D eigenvalue weighted by Crippen LogP contribution is 2.39. The molecule has 0 unspecified atom stereocenters. The summed E-state index contributed by atoms with van der Waals surface area (Å²) < 4.78 is 41.2. The van der Waals surface area contributed by atoms with Gasteiger partial charge in [0.15, 0.2) is 0 Å². The predicted octanol–water partition coefficient (Wildman–Crippen LogP) is 7.13. The van der Waals surface area contributed by atoms with E-state index in [2.05, 4.69) is 4.98 Å². The highest BCUT2D eigenvalue weighted by Gasteiger charge is 2.44. The summed E-state index contributed by atoms with van der Waals surface area (Å²) in [5.41, 5.74) is 4.56. The van der Waals surface area contributed by atoms with Crippen molar-refractivity contribution in [2.75, 3.05) is 6.61 Å². The number of benzene rings is 4. The Hall–Kier alpha value is -3.81. The van der Waals surface area contributed by atoms with Crippen LogP contribution in [0, 0.1) is 5.82 Å². The van der Waals surface area contributed by atoms with Gasteiger partial charge < -0.3 is 23.9 Å². The van der Waals surface area contributed by atoms with E-state index in [-0.39, 0.29) is 12.4 Å². The molecule has 0 amide bonds. The van der Waals surface area contributed by atoms with Gasteiger partial charge in [-0.1, -0.05) is 97.1 Å². The van der Waals surface area contributed by atoms with Gasteiger partial charge in [-0.25, -0.2) is 4.39 Å². The summed E-state index contributed by atoms with van der Waals surface area (Å²) in [5, 5.41) is 0.506. The molecule has 5 aromatic rings. The number of ether oxygens (including phenoxy) is 4. The standard InChI is InChI=1S/C34H32FNO4/c35-28-17-10-18-29-31(28)27(19-36-29)32-34(39-22-26-15-8-3-9-16-26)33(38-21-25-13-6-2-7-14-25)30(23-40-32)37-20-24-11-4-1-5-12-24/h1-19,30,32-34,36H,20-23H2/t30-,32+,33+,34+/m1/s1. The van der Waals surface area contributed by atoms with Crippen molar-refractivity contribution in [2.45, 2.75) is 44.2 Å². The Bertz CT molecular complexity index is 1490. The van der Waals surface area contributed by atoms with Gasteiger partial charge in [-0.3, -0.25) is 0 Å². The maximum absolute atomic E-state index is 15.1. The molecule has 0 aliphatic carbocycles. The highest BCUT2D eigenvalue weighted by molar-refractivity contribution is 5.84. The van der Waals surface area contributed by atoms with Crippen LogP contribution in [0.3, 0.4) is 0 Å². The van der Waals surface area contributed by atoms with Gasteiger partial charge in [-0.05, 0) is 28.8 Å². The molecule has 2 heterocycles. The molecule has 204 valence electrons. The Morgan fingerprint density at radius 1 is 0.650 bits per heavy atom. The molecule has 1 saturated heterocycles. The average Bonchev–Trinajstić information content (AvgIpc) is 3.45. The van der Waals surface area contributed by atoms with Crippen molar-refractivity contribution in [2.24, 2.45) is 0 Å². The molecule has 0 bridgehead atoms. The van der Waals surface area contributed by atoms with Crippen molar-refractivity contribution in [3.05, 3.63) is 143 Å². The second-order valence-corrected chi connectivity index (χ2v) is 10.0. The van der Waals surface area contributed by atoms with Crippen LogP contribution in [-0.4, -0.2) is 29.9 Å². The summed E-state index contributed by atoms with van der Waals surface area (Å²) in [5.74, 6) is -0.302. The largest absolute Gasteiger partial charge is 0.368 e. The number of hydrogen-bond donors (Lipinski definition) is 1. The first-order valence-electron chi connectivity index (χ1n) is 13.6. The maximum Gasteiger partial charge on any atom is 0.132 e. The fourth-order valence-electron chi connectivity index (χ4n) is 5.27. The van der Waals surface area contributed by atoms with E-state index in [4.69, 9.17) is 18.9 Å². The Labute approximate surface area is 233 Å². The van der Waals surface area contributed by atoms with Gasteiger partial charge in [0.25, 0.3) is 0 Å². The van der Waals surface area contributed by atoms with Crippen LogP contribution in [0.1, 0.15) is 28.4 Å². The summed E-state index contributed by atoms with van der Waals surface area (Å²) >= 11 is 0. The van der Waals surface area contributed by atoms with E-state index in [0.717, 1.165) is 16.7 Å². The van der Waals surface area contributed by atoms with Crippen molar-refractivity contribution in [3.63, 3.8) is 0 Å². The first-order chi connectivity index (χ1) is 19.8. The first-order valence-corrected chi connectivity index (χ1v) is 13.6. The molecule has 1 N–H and O–H groups in total. The van der Waals surface area contributed by atoms with E-state index in [9.17, 15) is 0 Å². The molecular formula is C34H32FNO4. The van der Waals surface area contributed by atoms with Gasteiger partial charge in [0, 0.05) is 22.7 Å². The molecule has 6 heteroatoms. The molecular weight excluding hydrogens is 505 g/mol. The molecule has 1 aromatic heterocycles. The minimum atomic E-state index is -0.563. The van der Waals surface area contributed by atoms with Gasteiger partial charge >= 0.3 is 0 Å². The van der Waals surface area contributed by atoms with Gasteiger partial charge in [0.2, 0.25) is 0 Å². The van der Waals surface area contributed by atoms with Crippen LogP contribution >= 0.6 is 0 Å². The molecule has 0 saturated carbocycles. The van der Waals surface area contributed by atoms with E-state index in [1.165, 1.54) is 6.07 Å². The topological polar surface area (TPSA) is 52.7 Å². The Balaban J connectivity index is 1.33. The van der Waals surface area contributed by atoms with Crippen molar-refractivity contribution in [1.29, 1.82) is 0 Å². The number of nitrogens with one attached hydrogen (secondary N) is 1. The molecule has 0 radical (unpaired) electrons. The number of H-pyrrole nitrogens is 1. The van der Waals surface area contributed by atoms with Gasteiger partial charge in [-0.2, -0.15) is 0 Å². The molecule has 5 nitrogen and oxygen atoms in total. The van der Waals surface area contributed by atoms with Crippen molar-refractivity contribution < 1.29 is 23.3 Å². The van der Waals surface area contributed by atoms with Crippen LogP contribution in [-0.2, 0) is 38.8 Å². The van der Waals surface area contributed by atoms with Crippen molar-refractivity contribution >= 4 is 10.9 Å². The molecule has 1 aliphatic rings. The van der Waals surface area contributed by atoms with Crippen LogP contribution in [0.4, 0.5) is 4.39 Å². The number of aromatic amines is 1. The minimum Gasteiger partial charge on any atom is -0.368 e. The Morgan fingerprint density at radius 2 is 1.20 bits per heavy atom. The molecule has 4 atom stereocenters. The monoisotopic (exact) mass is 537 g/mol. The predicted molar refractivity (Wildman–Crippen MR) is 152 cm³/mol. The zero-order valence-electron chi connectivity index (χ0n) is 22.1. The second kappa shape index (κ2) is 12.6. The minimum absolute atomic E-state index is 0.281. The number of rotatable bonds is 10. The van der Waals surface area contributed by atoms with Gasteiger partial charge in [-0.15, -0.1) is 0 Å². The summed E-state index contributed by atoms with van der Waals surface area (Å²) in [7, 11) is 0. The van der Waals surface area contributed by atoms with Gasteiger partial charge in [0.1, 0.15) is 30.2 Å². The Kier molecular flexibility index (Phi) is 8.31. The zero-order valence-corrected chi connectivity index (χ0v) is 22.1. The van der Waals surface area contributed by atoms with E-state index in [1.54, 1.807) is 6.07 Å². The molecule has 6 rings (SSSR count). The summed E-state index contributed by atoms with van der Waals surface area (Å²) in [6.07, 6.45) is -0.167. The quantitative estimate of drug-likeness (QED) is 0.206. The number of fused-ring (bicyclic) bond motifs is 1. The molecule has 1 aliphatic heterocycles. The van der Waals surface area contributed by atoms with Crippen LogP contribution in [0.2, 0.25) is 0 Å². The molecule has 40 heavy (non-hydrogen) atoms. The molecule has 4 aromatic carbocycles. The van der Waals surface area contributed by atoms with Crippen LogP contribution in [0.25, 0.3) is 10.9 Å². The van der Waals surface area contributed by atoms with Crippen LogP contribution < -0.4 is 0 Å². The first kappa shape index (κ1) is 26.4. The van der Waals surface area contributed by atoms with Crippen molar-refractivity contribution in [1.82, 2.24) is 4.98 Å². The lowest BCUT2D eigenvalue weighted by molar-refractivity contribution is -0.240. The normalized spacial score (nSPS) is 21.0. The third kappa shape index (κ3) is 6.01.